The van der Waals surface area contributed by atoms with Gasteiger partial charge in [-0.25, -0.2) is 9.97 Å². The number of nitrogens with zero attached hydrogens (tertiary/aromatic N) is 4. The quantitative estimate of drug-likeness (QED) is 0.239. The van der Waals surface area contributed by atoms with Crippen molar-refractivity contribution < 1.29 is 9.47 Å². The maximum Gasteiger partial charge on any atom is 0.120 e. The Morgan fingerprint density at radius 2 is 0.800 bits per heavy atom. The van der Waals surface area contributed by atoms with Crippen molar-refractivity contribution in [2.24, 2.45) is 0 Å². The average molecular weight is 523 g/mol. The van der Waals surface area contributed by atoms with E-state index in [-0.39, 0.29) is 0 Å². The van der Waals surface area contributed by atoms with E-state index in [1.54, 1.807) is 14.2 Å². The van der Waals surface area contributed by atoms with E-state index in [4.69, 9.17) is 19.4 Å². The smallest absolute Gasteiger partial charge is 0.120 e. The minimum absolute atomic E-state index is 0.800. The van der Waals surface area contributed by atoms with Gasteiger partial charge in [-0.2, -0.15) is 0 Å². The largest absolute Gasteiger partial charge is 0.497 e. The third-order valence-corrected chi connectivity index (χ3v) is 7.05. The average Bonchev–Trinajstić information content (AvgIpc) is 3.78. The Labute approximate surface area is 231 Å². The maximum atomic E-state index is 5.52. The van der Waals surface area contributed by atoms with Gasteiger partial charge in [0.2, 0.25) is 0 Å². The SMILES string of the molecule is COc1cccc(-n2c3ccc2cc2nc(cc4ccc(cc5nc(c3)C=C5)n4-c3cccc(OC)c3)C=C2)c1. The molecule has 0 amide bonds. The van der Waals surface area contributed by atoms with Gasteiger partial charge in [0.15, 0.2) is 0 Å². The van der Waals surface area contributed by atoms with Gasteiger partial charge in [0.25, 0.3) is 0 Å². The van der Waals surface area contributed by atoms with Crippen LogP contribution in [0.15, 0.2) is 97.1 Å². The van der Waals surface area contributed by atoms with E-state index in [9.17, 15) is 0 Å². The Morgan fingerprint density at radius 1 is 0.450 bits per heavy atom. The Hall–Kier alpha value is -5.36. The fourth-order valence-electron chi connectivity index (χ4n) is 5.20. The predicted octanol–water partition coefficient (Wildman–Crippen LogP) is 7.60. The van der Waals surface area contributed by atoms with Crippen LogP contribution in [0, 0.1) is 0 Å². The summed E-state index contributed by atoms with van der Waals surface area (Å²) in [5.41, 5.74) is 9.57. The Balaban J connectivity index is 1.54. The standard InChI is InChI=1S/C34H26N4O2/c1-39-33-7-3-5-27(21-33)37-29-13-14-30(37)18-24-10-12-26(36-24)20-32-16-15-31(19-25-11-9-23(17-29)35-25)38(32)28-6-4-8-34(22-28)40-2/h3-22H,1-2H3. The van der Waals surface area contributed by atoms with E-state index in [0.29, 0.717) is 0 Å². The summed E-state index contributed by atoms with van der Waals surface area (Å²) in [5, 5.41) is 0. The van der Waals surface area contributed by atoms with Crippen LogP contribution in [0.3, 0.4) is 0 Å². The zero-order chi connectivity index (χ0) is 27.1. The zero-order valence-electron chi connectivity index (χ0n) is 22.2. The molecule has 2 aliphatic heterocycles. The summed E-state index contributed by atoms with van der Waals surface area (Å²) in [6, 6.07) is 33.0. The van der Waals surface area contributed by atoms with Crippen LogP contribution < -0.4 is 9.47 Å². The molecule has 0 aliphatic carbocycles. The lowest BCUT2D eigenvalue weighted by molar-refractivity contribution is 0.414. The van der Waals surface area contributed by atoms with E-state index in [1.807, 2.05) is 60.7 Å². The van der Waals surface area contributed by atoms with Crippen molar-refractivity contribution in [2.45, 2.75) is 0 Å². The van der Waals surface area contributed by atoms with Gasteiger partial charge in [0, 0.05) is 45.6 Å². The fraction of sp³-hybridized carbons (Fsp3) is 0.0588. The molecule has 0 saturated carbocycles. The van der Waals surface area contributed by atoms with Gasteiger partial charge in [-0.3, -0.25) is 0 Å². The number of hydrogen-bond donors (Lipinski definition) is 0. The molecular weight excluding hydrogens is 496 g/mol. The van der Waals surface area contributed by atoms with Crippen LogP contribution in [0.4, 0.5) is 0 Å². The number of aromatic nitrogens is 4. The first-order valence-electron chi connectivity index (χ1n) is 13.1. The van der Waals surface area contributed by atoms with E-state index in [1.165, 1.54) is 0 Å². The third kappa shape index (κ3) is 4.35. The molecule has 8 bridgehead atoms. The predicted molar refractivity (Wildman–Crippen MR) is 162 cm³/mol. The lowest BCUT2D eigenvalue weighted by atomic mass is 10.2. The van der Waals surface area contributed by atoms with Gasteiger partial charge in [-0.1, -0.05) is 12.1 Å². The van der Waals surface area contributed by atoms with Crippen LogP contribution in [0.25, 0.3) is 57.7 Å². The third-order valence-electron chi connectivity index (χ3n) is 7.05. The second-order valence-electron chi connectivity index (χ2n) is 9.61. The fourth-order valence-corrected chi connectivity index (χ4v) is 5.20. The molecular formula is C34H26N4O2. The van der Waals surface area contributed by atoms with E-state index in [2.05, 4.69) is 69.8 Å². The summed E-state index contributed by atoms with van der Waals surface area (Å²) >= 11 is 0. The molecule has 0 N–H and O–H groups in total. The number of ether oxygens (including phenoxy) is 2. The highest BCUT2D eigenvalue weighted by Crippen LogP contribution is 2.27. The Morgan fingerprint density at radius 3 is 1.12 bits per heavy atom. The van der Waals surface area contributed by atoms with Crippen molar-refractivity contribution in [3.8, 4) is 22.9 Å². The summed E-state index contributed by atoms with van der Waals surface area (Å²) in [6.07, 6.45) is 8.19. The van der Waals surface area contributed by atoms with Gasteiger partial charge in [0.1, 0.15) is 11.5 Å². The van der Waals surface area contributed by atoms with E-state index < -0.39 is 0 Å². The van der Waals surface area contributed by atoms with E-state index in [0.717, 1.165) is 67.7 Å². The molecule has 3 aromatic heterocycles. The number of benzene rings is 2. The van der Waals surface area contributed by atoms with Crippen LogP contribution in [-0.4, -0.2) is 33.3 Å². The topological polar surface area (TPSA) is 54.1 Å². The summed E-state index contributed by atoms with van der Waals surface area (Å²) in [5.74, 6) is 1.60. The molecule has 6 nitrogen and oxygen atoms in total. The molecule has 5 heterocycles. The van der Waals surface area contributed by atoms with Crippen molar-refractivity contribution in [3.05, 3.63) is 120 Å². The molecule has 7 rings (SSSR count). The molecule has 0 saturated heterocycles. The minimum atomic E-state index is 0.800. The van der Waals surface area contributed by atoms with Gasteiger partial charge in [-0.05, 0) is 97.1 Å². The van der Waals surface area contributed by atoms with Gasteiger partial charge in [-0.15, -0.1) is 0 Å². The molecule has 0 radical (unpaired) electrons. The molecule has 194 valence electrons. The second-order valence-corrected chi connectivity index (χ2v) is 9.61. The molecule has 0 spiro atoms. The molecule has 0 atom stereocenters. The lowest BCUT2D eigenvalue weighted by Crippen LogP contribution is -1.95. The van der Waals surface area contributed by atoms with Crippen LogP contribution in [0.2, 0.25) is 0 Å². The number of methoxy groups -OCH3 is 2. The summed E-state index contributed by atoms with van der Waals surface area (Å²) in [6.45, 7) is 0. The van der Waals surface area contributed by atoms with E-state index >= 15 is 0 Å². The Kier molecular flexibility index (Phi) is 5.78. The van der Waals surface area contributed by atoms with Crippen molar-refractivity contribution in [2.75, 3.05) is 14.2 Å². The highest BCUT2D eigenvalue weighted by molar-refractivity contribution is 5.80. The number of rotatable bonds is 4. The highest BCUT2D eigenvalue weighted by Gasteiger charge is 2.10. The zero-order valence-corrected chi connectivity index (χ0v) is 22.2. The van der Waals surface area contributed by atoms with Crippen LogP contribution in [0.5, 0.6) is 11.5 Å². The minimum Gasteiger partial charge on any atom is -0.497 e. The summed E-state index contributed by atoms with van der Waals surface area (Å²) in [7, 11) is 3.37. The molecule has 6 heteroatoms. The molecule has 0 unspecified atom stereocenters. The Bertz CT molecular complexity index is 1760. The van der Waals surface area contributed by atoms with Crippen LogP contribution >= 0.6 is 0 Å². The number of hydrogen-bond acceptors (Lipinski definition) is 4. The monoisotopic (exact) mass is 522 g/mol. The first kappa shape index (κ1) is 23.7. The van der Waals surface area contributed by atoms with Gasteiger partial charge >= 0.3 is 0 Å². The summed E-state index contributed by atoms with van der Waals surface area (Å²) in [4.78, 5) is 9.87. The summed E-state index contributed by atoms with van der Waals surface area (Å²) < 4.78 is 15.4. The molecule has 40 heavy (non-hydrogen) atoms. The lowest BCUT2D eigenvalue weighted by Gasteiger charge is -2.09. The second kappa shape index (κ2) is 9.75. The van der Waals surface area contributed by atoms with Gasteiger partial charge in [0.05, 0.1) is 37.0 Å². The molecule has 0 fully saturated rings. The molecule has 5 aromatic rings. The normalized spacial score (nSPS) is 12.1. The van der Waals surface area contributed by atoms with Crippen molar-refractivity contribution in [3.63, 3.8) is 0 Å². The van der Waals surface area contributed by atoms with Crippen molar-refractivity contribution in [1.82, 2.24) is 19.1 Å². The highest BCUT2D eigenvalue weighted by atomic mass is 16.5. The molecule has 2 aliphatic rings. The first-order chi connectivity index (χ1) is 19.7. The van der Waals surface area contributed by atoms with Crippen LogP contribution in [0.1, 0.15) is 22.8 Å². The van der Waals surface area contributed by atoms with Crippen molar-refractivity contribution in [1.29, 1.82) is 0 Å². The molecule has 2 aromatic carbocycles. The van der Waals surface area contributed by atoms with Crippen LogP contribution in [-0.2, 0) is 0 Å². The van der Waals surface area contributed by atoms with Gasteiger partial charge < -0.3 is 18.6 Å². The number of fused-ring (bicyclic) bond motifs is 8. The van der Waals surface area contributed by atoms with Crippen molar-refractivity contribution >= 4 is 46.4 Å². The first-order valence-corrected chi connectivity index (χ1v) is 13.1. The maximum absolute atomic E-state index is 5.52.